The molecule has 5 heterocycles. The third-order valence-corrected chi connectivity index (χ3v) is 10.1. The highest BCUT2D eigenvalue weighted by atomic mass is 32.2. The first kappa shape index (κ1) is 28.8. The fourth-order valence-corrected chi connectivity index (χ4v) is 7.52. The van der Waals surface area contributed by atoms with Crippen molar-refractivity contribution < 1.29 is 22.7 Å². The van der Waals surface area contributed by atoms with E-state index in [9.17, 15) is 13.2 Å². The van der Waals surface area contributed by atoms with Gasteiger partial charge in [-0.05, 0) is 80.6 Å². The number of hydrogen-bond donors (Lipinski definition) is 1. The normalized spacial score (nSPS) is 23.1. The molecule has 3 atom stereocenters. The van der Waals surface area contributed by atoms with Gasteiger partial charge in [-0.15, -0.1) is 0 Å². The van der Waals surface area contributed by atoms with Gasteiger partial charge in [-0.25, -0.2) is 18.4 Å². The number of benzene rings is 1. The molecule has 0 radical (unpaired) electrons. The molecule has 2 fully saturated rings. The minimum Gasteiger partial charge on any atom is -0.372 e. The van der Waals surface area contributed by atoms with Crippen LogP contribution in [0.1, 0.15) is 54.4 Å². The molecule has 2 aliphatic heterocycles. The lowest BCUT2D eigenvalue weighted by Crippen LogP contribution is -2.45. The van der Waals surface area contributed by atoms with Crippen LogP contribution in [-0.2, 0) is 25.9 Å². The molecule has 1 saturated heterocycles. The number of nitrogens with zero attached hydrogens (tertiary/aromatic N) is 4. The Labute approximate surface area is 256 Å². The van der Waals surface area contributed by atoms with E-state index in [0.29, 0.717) is 22.7 Å². The Morgan fingerprint density at radius 2 is 1.80 bits per heavy atom. The lowest BCUT2D eigenvalue weighted by atomic mass is 10.0. The number of aromatic nitrogens is 3. The minimum atomic E-state index is -3.54. The molecule has 3 aromatic heterocycles. The Bertz CT molecular complexity index is 1830. The number of sulfone groups is 1. The number of nitrogens with one attached hydrogen (secondary N) is 1. The quantitative estimate of drug-likeness (QED) is 0.335. The van der Waals surface area contributed by atoms with Crippen LogP contribution in [0, 0.1) is 5.92 Å². The number of anilines is 1. The standard InChI is InChI=1S/C33H35N5O5S/c1-20-18-38(19-21(2)43-20)31-5-3-4-27(37-31)28-11-9-24-16-34-25(15-29(24)36-28)17-35-33(39)23-8-10-26-30(14-23)44(40,41)13-12-42-32(26)22-6-7-22/h3-5,8-11,14-16,20-22,32H,6-7,12-13,17-19H2,1-2H3,(H,35,39)/t20-,21+,32-/m0/s1. The van der Waals surface area contributed by atoms with Crippen molar-refractivity contribution in [1.29, 1.82) is 0 Å². The Balaban J connectivity index is 1.08. The van der Waals surface area contributed by atoms with E-state index in [0.717, 1.165) is 54.0 Å². The fraction of sp³-hybridized carbons (Fsp3) is 0.394. The molecule has 1 aliphatic carbocycles. The van der Waals surface area contributed by atoms with Gasteiger partial charge in [0.25, 0.3) is 5.91 Å². The monoisotopic (exact) mass is 613 g/mol. The number of hydrogen-bond acceptors (Lipinski definition) is 9. The summed E-state index contributed by atoms with van der Waals surface area (Å²) in [4.78, 5) is 29.9. The topological polar surface area (TPSA) is 124 Å². The van der Waals surface area contributed by atoms with E-state index in [2.05, 4.69) is 29.0 Å². The van der Waals surface area contributed by atoms with E-state index in [1.165, 1.54) is 6.07 Å². The van der Waals surface area contributed by atoms with Crippen LogP contribution in [0.2, 0.25) is 0 Å². The number of fused-ring (bicyclic) bond motifs is 2. The van der Waals surface area contributed by atoms with Crippen LogP contribution in [0.3, 0.4) is 0 Å². The summed E-state index contributed by atoms with van der Waals surface area (Å²) in [6.45, 7) is 6.04. The van der Waals surface area contributed by atoms with Crippen LogP contribution >= 0.6 is 0 Å². The van der Waals surface area contributed by atoms with Gasteiger partial charge >= 0.3 is 0 Å². The lowest BCUT2D eigenvalue weighted by Gasteiger charge is -2.36. The molecular weight excluding hydrogens is 578 g/mol. The minimum absolute atomic E-state index is 0.0876. The van der Waals surface area contributed by atoms with Crippen LogP contribution in [-0.4, -0.2) is 66.9 Å². The zero-order valence-corrected chi connectivity index (χ0v) is 25.6. The molecule has 11 heteroatoms. The number of carbonyl (C=O) groups excluding carboxylic acids is 1. The Hall–Kier alpha value is -3.93. The van der Waals surface area contributed by atoms with E-state index in [4.69, 9.17) is 19.4 Å². The van der Waals surface area contributed by atoms with E-state index < -0.39 is 9.84 Å². The predicted molar refractivity (Wildman–Crippen MR) is 166 cm³/mol. The second-order valence-electron chi connectivity index (χ2n) is 12.0. The van der Waals surface area contributed by atoms with Gasteiger partial charge in [0.2, 0.25) is 0 Å². The van der Waals surface area contributed by atoms with Gasteiger partial charge in [-0.2, -0.15) is 0 Å². The van der Waals surface area contributed by atoms with E-state index >= 15 is 0 Å². The van der Waals surface area contributed by atoms with E-state index in [-0.39, 0.29) is 48.0 Å². The predicted octanol–water partition coefficient (Wildman–Crippen LogP) is 4.49. The maximum Gasteiger partial charge on any atom is 0.251 e. The van der Waals surface area contributed by atoms with E-state index in [1.54, 1.807) is 18.3 Å². The molecule has 1 amide bonds. The largest absolute Gasteiger partial charge is 0.372 e. The number of carbonyl (C=O) groups is 1. The molecule has 1 aromatic carbocycles. The Morgan fingerprint density at radius 1 is 1.00 bits per heavy atom. The molecule has 1 N–H and O–H groups in total. The second kappa shape index (κ2) is 11.5. The van der Waals surface area contributed by atoms with Crippen molar-refractivity contribution in [2.75, 3.05) is 30.3 Å². The second-order valence-corrected chi connectivity index (χ2v) is 14.1. The summed E-state index contributed by atoms with van der Waals surface area (Å²) in [6, 6.07) is 16.6. The lowest BCUT2D eigenvalue weighted by molar-refractivity contribution is -0.00545. The maximum atomic E-state index is 13.1. The molecule has 44 heavy (non-hydrogen) atoms. The van der Waals surface area contributed by atoms with Crippen molar-refractivity contribution in [3.8, 4) is 11.4 Å². The first-order valence-corrected chi connectivity index (χ1v) is 16.8. The summed E-state index contributed by atoms with van der Waals surface area (Å²) in [5.41, 5.74) is 3.85. The van der Waals surface area contributed by atoms with Crippen molar-refractivity contribution >= 4 is 32.5 Å². The molecule has 4 aromatic rings. The molecule has 228 valence electrons. The van der Waals surface area contributed by atoms with Gasteiger partial charge in [0.15, 0.2) is 9.84 Å². The smallest absolute Gasteiger partial charge is 0.251 e. The van der Waals surface area contributed by atoms with Gasteiger partial charge in [-0.1, -0.05) is 12.1 Å². The highest BCUT2D eigenvalue weighted by molar-refractivity contribution is 7.91. The summed E-state index contributed by atoms with van der Waals surface area (Å²) in [5.74, 6) is 0.778. The molecular formula is C33H35N5O5S. The summed E-state index contributed by atoms with van der Waals surface area (Å²) in [5, 5.41) is 3.76. The average molecular weight is 614 g/mol. The van der Waals surface area contributed by atoms with Crippen molar-refractivity contribution in [3.63, 3.8) is 0 Å². The van der Waals surface area contributed by atoms with Gasteiger partial charge < -0.3 is 19.7 Å². The fourth-order valence-electron chi connectivity index (χ4n) is 6.13. The highest BCUT2D eigenvalue weighted by Gasteiger charge is 2.38. The SMILES string of the molecule is C[C@@H]1CN(c2cccc(-c3ccc4cnc(CNC(=O)c5ccc6c(c5)S(=O)(=O)CCO[C@H]6C5CC5)cc4n3)n2)C[C@H](C)O1. The molecule has 0 bridgehead atoms. The molecule has 3 aliphatic rings. The third-order valence-electron chi connectivity index (χ3n) is 8.42. The first-order valence-electron chi connectivity index (χ1n) is 15.1. The summed E-state index contributed by atoms with van der Waals surface area (Å²) in [6.07, 6.45) is 3.82. The summed E-state index contributed by atoms with van der Waals surface area (Å²) >= 11 is 0. The molecule has 7 rings (SSSR count). The third kappa shape index (κ3) is 5.91. The van der Waals surface area contributed by atoms with Crippen molar-refractivity contribution in [2.24, 2.45) is 5.92 Å². The van der Waals surface area contributed by atoms with E-state index in [1.807, 2.05) is 36.4 Å². The number of ether oxygens (including phenoxy) is 2. The zero-order chi connectivity index (χ0) is 30.4. The Kier molecular flexibility index (Phi) is 7.55. The number of amides is 1. The van der Waals surface area contributed by atoms with Gasteiger partial charge in [-0.3, -0.25) is 9.78 Å². The average Bonchev–Trinajstić information content (AvgIpc) is 3.87. The molecule has 1 saturated carbocycles. The first-order chi connectivity index (χ1) is 21.2. The zero-order valence-electron chi connectivity index (χ0n) is 24.8. The highest BCUT2D eigenvalue weighted by Crippen LogP contribution is 2.46. The Morgan fingerprint density at radius 3 is 2.59 bits per heavy atom. The van der Waals surface area contributed by atoms with Crippen LogP contribution in [0.4, 0.5) is 5.82 Å². The summed E-state index contributed by atoms with van der Waals surface area (Å²) < 4.78 is 37.7. The van der Waals surface area contributed by atoms with Crippen LogP contribution < -0.4 is 10.2 Å². The maximum absolute atomic E-state index is 13.1. The van der Waals surface area contributed by atoms with Crippen LogP contribution in [0.25, 0.3) is 22.3 Å². The number of pyridine rings is 3. The van der Waals surface area contributed by atoms with Gasteiger partial charge in [0.1, 0.15) is 5.82 Å². The molecule has 0 unspecified atom stereocenters. The van der Waals surface area contributed by atoms with Crippen molar-refractivity contribution in [3.05, 3.63) is 77.6 Å². The van der Waals surface area contributed by atoms with Gasteiger partial charge in [0, 0.05) is 30.2 Å². The van der Waals surface area contributed by atoms with Crippen LogP contribution in [0.15, 0.2) is 65.7 Å². The molecule has 10 nitrogen and oxygen atoms in total. The number of rotatable bonds is 6. The van der Waals surface area contributed by atoms with Crippen LogP contribution in [0.5, 0.6) is 0 Å². The van der Waals surface area contributed by atoms with Crippen molar-refractivity contribution in [1.82, 2.24) is 20.3 Å². The van der Waals surface area contributed by atoms with Crippen molar-refractivity contribution in [2.45, 2.75) is 56.4 Å². The summed E-state index contributed by atoms with van der Waals surface area (Å²) in [7, 11) is -3.54. The number of morpholine rings is 1. The molecule has 0 spiro atoms. The van der Waals surface area contributed by atoms with Gasteiger partial charge in [0.05, 0.1) is 64.7 Å².